The van der Waals surface area contributed by atoms with Crippen molar-refractivity contribution in [1.29, 1.82) is 0 Å². The molecule has 4 unspecified atom stereocenters. The molecule has 3 nitrogen and oxygen atoms in total. The van der Waals surface area contributed by atoms with Crippen LogP contribution in [0.4, 0.5) is 0 Å². The number of thioether (sulfide) groups is 1. The lowest BCUT2D eigenvalue weighted by molar-refractivity contribution is -0.103. The lowest BCUT2D eigenvalue weighted by atomic mass is 9.79. The summed E-state index contributed by atoms with van der Waals surface area (Å²) in [6.45, 7) is 2.62. The zero-order chi connectivity index (χ0) is 13.1. The Morgan fingerprint density at radius 3 is 2.89 bits per heavy atom. The Kier molecular flexibility index (Phi) is 4.73. The Bertz CT molecular complexity index is 288. The first-order chi connectivity index (χ1) is 9.33. The third-order valence-corrected chi connectivity index (χ3v) is 6.54. The summed E-state index contributed by atoms with van der Waals surface area (Å²) in [4.78, 5) is 0. The molecule has 0 aromatic rings. The molecule has 0 bridgehead atoms. The molecular weight excluding hydrogens is 258 g/mol. The number of ether oxygens (including phenoxy) is 2. The van der Waals surface area contributed by atoms with Crippen LogP contribution in [0.25, 0.3) is 0 Å². The minimum absolute atomic E-state index is 0.0529. The van der Waals surface area contributed by atoms with E-state index in [9.17, 15) is 0 Å². The molecule has 0 amide bonds. The molecular formula is C15H27NO2S. The molecule has 19 heavy (non-hydrogen) atoms. The van der Waals surface area contributed by atoms with Gasteiger partial charge in [0.2, 0.25) is 0 Å². The largest absolute Gasteiger partial charge is 0.378 e. The molecule has 0 aliphatic carbocycles. The molecule has 0 radical (unpaired) electrons. The fourth-order valence-electron chi connectivity index (χ4n) is 4.01. The highest BCUT2D eigenvalue weighted by atomic mass is 32.2. The van der Waals surface area contributed by atoms with E-state index in [-0.39, 0.29) is 5.60 Å². The van der Waals surface area contributed by atoms with Gasteiger partial charge in [-0.25, -0.2) is 0 Å². The van der Waals surface area contributed by atoms with Crippen molar-refractivity contribution in [2.24, 2.45) is 5.92 Å². The van der Waals surface area contributed by atoms with Crippen molar-refractivity contribution in [2.45, 2.75) is 55.4 Å². The third-order valence-electron chi connectivity index (χ3n) is 5.05. The fraction of sp³-hybridized carbons (Fsp3) is 1.00. The van der Waals surface area contributed by atoms with Gasteiger partial charge < -0.3 is 14.8 Å². The van der Waals surface area contributed by atoms with Crippen molar-refractivity contribution in [1.82, 2.24) is 5.32 Å². The second-order valence-electron chi connectivity index (χ2n) is 6.31. The molecule has 0 aromatic carbocycles. The Labute approximate surface area is 121 Å². The van der Waals surface area contributed by atoms with Gasteiger partial charge in [-0.1, -0.05) is 6.42 Å². The van der Waals surface area contributed by atoms with Crippen LogP contribution in [0.15, 0.2) is 0 Å². The number of rotatable bonds is 3. The normalized spacial score (nSPS) is 41.5. The summed E-state index contributed by atoms with van der Waals surface area (Å²) >= 11 is 2.19. The summed E-state index contributed by atoms with van der Waals surface area (Å²) in [5, 5.41) is 4.44. The van der Waals surface area contributed by atoms with E-state index in [0.717, 1.165) is 37.4 Å². The number of hydrogen-bond donors (Lipinski definition) is 1. The van der Waals surface area contributed by atoms with Gasteiger partial charge in [0.25, 0.3) is 0 Å². The Morgan fingerprint density at radius 1 is 1.26 bits per heavy atom. The Morgan fingerprint density at radius 2 is 2.21 bits per heavy atom. The highest BCUT2D eigenvalue weighted by Crippen LogP contribution is 2.40. The van der Waals surface area contributed by atoms with Crippen molar-refractivity contribution < 1.29 is 9.47 Å². The Balaban J connectivity index is 1.64. The van der Waals surface area contributed by atoms with E-state index >= 15 is 0 Å². The van der Waals surface area contributed by atoms with Crippen molar-refractivity contribution in [3.8, 4) is 0 Å². The molecule has 3 aliphatic rings. The quantitative estimate of drug-likeness (QED) is 0.863. The lowest BCUT2D eigenvalue weighted by Crippen LogP contribution is -2.50. The summed E-state index contributed by atoms with van der Waals surface area (Å²) in [6, 6.07) is 0.659. The van der Waals surface area contributed by atoms with Crippen LogP contribution in [0.1, 0.15) is 38.5 Å². The SMILES string of the molecule is CNC(C1CCOC2(CCOC2)C1)C1CCCCS1. The molecule has 0 aromatic heterocycles. The summed E-state index contributed by atoms with van der Waals surface area (Å²) < 4.78 is 11.7. The first-order valence-electron chi connectivity index (χ1n) is 7.84. The van der Waals surface area contributed by atoms with Crippen molar-refractivity contribution in [2.75, 3.05) is 32.6 Å². The highest BCUT2D eigenvalue weighted by molar-refractivity contribution is 8.00. The maximum atomic E-state index is 6.08. The van der Waals surface area contributed by atoms with E-state index in [0.29, 0.717) is 6.04 Å². The predicted octanol–water partition coefficient (Wildman–Crippen LogP) is 2.45. The van der Waals surface area contributed by atoms with E-state index in [4.69, 9.17) is 9.47 Å². The summed E-state index contributed by atoms with van der Waals surface area (Å²) in [7, 11) is 2.15. The van der Waals surface area contributed by atoms with Gasteiger partial charge in [0.15, 0.2) is 0 Å². The zero-order valence-electron chi connectivity index (χ0n) is 12.0. The topological polar surface area (TPSA) is 30.5 Å². The minimum atomic E-state index is 0.0529. The standard InChI is InChI=1S/C15H27NO2S/c1-16-14(13-4-2-3-9-19-13)12-5-7-18-15(10-12)6-8-17-11-15/h12-14,16H,2-11H2,1H3. The molecule has 3 aliphatic heterocycles. The van der Waals surface area contributed by atoms with Crippen molar-refractivity contribution in [3.05, 3.63) is 0 Å². The predicted molar refractivity (Wildman–Crippen MR) is 79.8 cm³/mol. The smallest absolute Gasteiger partial charge is 0.0939 e. The van der Waals surface area contributed by atoms with E-state index in [1.54, 1.807) is 0 Å². The monoisotopic (exact) mass is 285 g/mol. The zero-order valence-corrected chi connectivity index (χ0v) is 12.8. The van der Waals surface area contributed by atoms with E-state index < -0.39 is 0 Å². The summed E-state index contributed by atoms with van der Waals surface area (Å²) in [5.41, 5.74) is 0.0529. The van der Waals surface area contributed by atoms with Gasteiger partial charge in [0.05, 0.1) is 12.2 Å². The van der Waals surface area contributed by atoms with Gasteiger partial charge in [0, 0.05) is 30.9 Å². The third kappa shape index (κ3) is 3.12. The summed E-state index contributed by atoms with van der Waals surface area (Å²) in [6.07, 6.45) is 7.70. The molecule has 1 spiro atoms. The van der Waals surface area contributed by atoms with Gasteiger partial charge >= 0.3 is 0 Å². The average molecular weight is 285 g/mol. The van der Waals surface area contributed by atoms with E-state index in [1.165, 1.54) is 37.9 Å². The first kappa shape index (κ1) is 14.2. The maximum absolute atomic E-state index is 6.08. The second kappa shape index (κ2) is 6.33. The Hall–Kier alpha value is 0.230. The molecule has 4 atom stereocenters. The van der Waals surface area contributed by atoms with E-state index in [2.05, 4.69) is 24.1 Å². The van der Waals surface area contributed by atoms with Gasteiger partial charge in [0.1, 0.15) is 0 Å². The van der Waals surface area contributed by atoms with Crippen LogP contribution in [-0.4, -0.2) is 49.5 Å². The average Bonchev–Trinajstić information content (AvgIpc) is 2.89. The molecule has 3 fully saturated rings. The summed E-state index contributed by atoms with van der Waals surface area (Å²) in [5.74, 6) is 2.11. The molecule has 110 valence electrons. The molecule has 3 heterocycles. The molecule has 3 saturated heterocycles. The molecule has 4 heteroatoms. The van der Waals surface area contributed by atoms with Gasteiger partial charge in [-0.15, -0.1) is 0 Å². The van der Waals surface area contributed by atoms with Crippen molar-refractivity contribution in [3.63, 3.8) is 0 Å². The first-order valence-corrected chi connectivity index (χ1v) is 8.88. The molecule has 3 rings (SSSR count). The van der Waals surface area contributed by atoms with Crippen LogP contribution in [0, 0.1) is 5.92 Å². The van der Waals surface area contributed by atoms with E-state index in [1.807, 2.05) is 0 Å². The number of nitrogens with one attached hydrogen (secondary N) is 1. The van der Waals surface area contributed by atoms with Gasteiger partial charge in [-0.3, -0.25) is 0 Å². The lowest BCUT2D eigenvalue weighted by Gasteiger charge is -2.43. The molecule has 1 N–H and O–H groups in total. The van der Waals surface area contributed by atoms with Crippen LogP contribution >= 0.6 is 11.8 Å². The minimum Gasteiger partial charge on any atom is -0.378 e. The maximum Gasteiger partial charge on any atom is 0.0939 e. The van der Waals surface area contributed by atoms with Crippen molar-refractivity contribution >= 4 is 11.8 Å². The number of hydrogen-bond acceptors (Lipinski definition) is 4. The van der Waals surface area contributed by atoms with Crippen LogP contribution in [0.3, 0.4) is 0 Å². The molecule has 0 saturated carbocycles. The van der Waals surface area contributed by atoms with Gasteiger partial charge in [-0.2, -0.15) is 11.8 Å². The van der Waals surface area contributed by atoms with Crippen LogP contribution in [0.2, 0.25) is 0 Å². The van der Waals surface area contributed by atoms with Crippen LogP contribution < -0.4 is 5.32 Å². The second-order valence-corrected chi connectivity index (χ2v) is 7.65. The van der Waals surface area contributed by atoms with Gasteiger partial charge in [-0.05, 0) is 44.4 Å². The van der Waals surface area contributed by atoms with Crippen LogP contribution in [-0.2, 0) is 9.47 Å². The fourth-order valence-corrected chi connectivity index (χ4v) is 5.58. The van der Waals surface area contributed by atoms with Crippen LogP contribution in [0.5, 0.6) is 0 Å². The highest BCUT2D eigenvalue weighted by Gasteiger charge is 2.44.